The van der Waals surface area contributed by atoms with E-state index in [9.17, 15) is 0 Å². The van der Waals surface area contributed by atoms with E-state index in [-0.39, 0.29) is 6.04 Å². The number of rotatable bonds is 1. The van der Waals surface area contributed by atoms with E-state index in [2.05, 4.69) is 32.1 Å². The summed E-state index contributed by atoms with van der Waals surface area (Å²) in [6.45, 7) is 1.99. The normalized spacial score (nSPS) is 13.0. The number of hydrogen-bond acceptors (Lipinski definition) is 1. The van der Waals surface area contributed by atoms with Crippen LogP contribution in [-0.4, -0.2) is 7.85 Å². The van der Waals surface area contributed by atoms with Gasteiger partial charge in [-0.25, -0.2) is 0 Å². The van der Waals surface area contributed by atoms with Gasteiger partial charge >= 0.3 is 0 Å². The van der Waals surface area contributed by atoms with Crippen LogP contribution >= 0.6 is 0 Å². The fourth-order valence-corrected chi connectivity index (χ4v) is 0.870. The lowest BCUT2D eigenvalue weighted by Gasteiger charge is -2.04. The minimum atomic E-state index is 0.153. The lowest BCUT2D eigenvalue weighted by Crippen LogP contribution is -2.07. The molecule has 0 aliphatic heterocycles. The summed E-state index contributed by atoms with van der Waals surface area (Å²) in [5.74, 6) is 0. The Bertz CT molecular complexity index is 203. The molecule has 52 valence electrons. The Labute approximate surface area is 62.7 Å². The molecule has 1 unspecified atom stereocenters. The number of hydrogen-bond donors (Lipinski definition) is 1. The molecule has 1 nitrogen and oxygen atoms in total. The van der Waals surface area contributed by atoms with Gasteiger partial charge in [0.05, 0.1) is 0 Å². The molecule has 0 bridgehead atoms. The molecule has 0 amide bonds. The second-order valence-electron chi connectivity index (χ2n) is 2.70. The fraction of sp³-hybridized carbons (Fsp3) is 0.250. The van der Waals surface area contributed by atoms with Crippen LogP contribution in [0.4, 0.5) is 0 Å². The average Bonchev–Trinajstić information content (AvgIpc) is 1.88. The molecule has 0 fully saturated rings. The molecule has 1 aromatic rings. The molecule has 10 heavy (non-hydrogen) atoms. The summed E-state index contributed by atoms with van der Waals surface area (Å²) in [6, 6.07) is 8.46. The van der Waals surface area contributed by atoms with Crippen molar-refractivity contribution < 1.29 is 0 Å². The summed E-state index contributed by atoms with van der Waals surface area (Å²) in [5.41, 5.74) is 8.15. The summed E-state index contributed by atoms with van der Waals surface area (Å²) in [7, 11) is 2.07. The molecule has 2 N–H and O–H groups in total. The van der Waals surface area contributed by atoms with E-state index in [1.54, 1.807) is 0 Å². The minimum absolute atomic E-state index is 0.153. The first kappa shape index (κ1) is 7.35. The van der Waals surface area contributed by atoms with Crippen molar-refractivity contribution in [1.82, 2.24) is 0 Å². The molecule has 1 rings (SSSR count). The lowest BCUT2D eigenvalue weighted by molar-refractivity contribution is 0.819. The highest BCUT2D eigenvalue weighted by molar-refractivity contribution is 6.32. The van der Waals surface area contributed by atoms with Crippen LogP contribution in [0.2, 0.25) is 0 Å². The van der Waals surface area contributed by atoms with E-state index in [1.807, 2.05) is 6.92 Å². The molecule has 1 aromatic carbocycles. The standard InChI is InChI=1S/C8H12BN/c1-6(10)7-2-4-8(9)5-3-7/h2-6H,9-10H2,1H3. The van der Waals surface area contributed by atoms with Gasteiger partial charge in [-0.05, 0) is 12.5 Å². The summed E-state index contributed by atoms with van der Waals surface area (Å²) in [5, 5.41) is 0. The van der Waals surface area contributed by atoms with Gasteiger partial charge < -0.3 is 5.73 Å². The quantitative estimate of drug-likeness (QED) is 0.534. The molecule has 0 saturated heterocycles. The average molecular weight is 133 g/mol. The van der Waals surface area contributed by atoms with Crippen molar-refractivity contribution >= 4 is 13.3 Å². The topological polar surface area (TPSA) is 26.0 Å². The first-order valence-corrected chi connectivity index (χ1v) is 3.52. The molecule has 1 atom stereocenters. The maximum Gasteiger partial charge on any atom is 0.139 e. The van der Waals surface area contributed by atoms with Crippen molar-refractivity contribution in [2.45, 2.75) is 13.0 Å². The zero-order valence-corrected chi connectivity index (χ0v) is 6.46. The summed E-state index contributed by atoms with van der Waals surface area (Å²) >= 11 is 0. The van der Waals surface area contributed by atoms with Crippen LogP contribution in [0.5, 0.6) is 0 Å². The van der Waals surface area contributed by atoms with Gasteiger partial charge in [0, 0.05) is 6.04 Å². The molecular formula is C8H12BN. The highest BCUT2D eigenvalue weighted by atomic mass is 14.6. The van der Waals surface area contributed by atoms with Gasteiger partial charge in [0.15, 0.2) is 0 Å². The third kappa shape index (κ3) is 1.61. The zero-order chi connectivity index (χ0) is 7.56. The molecule has 0 aliphatic carbocycles. The summed E-state index contributed by atoms with van der Waals surface area (Å²) in [4.78, 5) is 0. The molecule has 0 heterocycles. The van der Waals surface area contributed by atoms with E-state index < -0.39 is 0 Å². The van der Waals surface area contributed by atoms with Crippen LogP contribution in [-0.2, 0) is 0 Å². The van der Waals surface area contributed by atoms with Crippen molar-refractivity contribution in [1.29, 1.82) is 0 Å². The second kappa shape index (κ2) is 2.89. The Hall–Kier alpha value is -0.755. The van der Waals surface area contributed by atoms with Crippen molar-refractivity contribution in [3.63, 3.8) is 0 Å². The largest absolute Gasteiger partial charge is 0.324 e. The van der Waals surface area contributed by atoms with Crippen LogP contribution < -0.4 is 11.2 Å². The van der Waals surface area contributed by atoms with Crippen molar-refractivity contribution in [3.8, 4) is 0 Å². The van der Waals surface area contributed by atoms with Gasteiger partial charge in [-0.2, -0.15) is 0 Å². The predicted molar refractivity (Wildman–Crippen MR) is 47.2 cm³/mol. The highest BCUT2D eigenvalue weighted by Gasteiger charge is 1.95. The van der Waals surface area contributed by atoms with E-state index in [1.165, 1.54) is 11.0 Å². The van der Waals surface area contributed by atoms with Gasteiger partial charge in [0.1, 0.15) is 7.85 Å². The zero-order valence-electron chi connectivity index (χ0n) is 6.46. The van der Waals surface area contributed by atoms with Crippen LogP contribution in [0.1, 0.15) is 18.5 Å². The van der Waals surface area contributed by atoms with Crippen molar-refractivity contribution in [2.24, 2.45) is 5.73 Å². The summed E-state index contributed by atoms with van der Waals surface area (Å²) in [6.07, 6.45) is 0. The van der Waals surface area contributed by atoms with E-state index in [0.717, 1.165) is 0 Å². The molecular weight excluding hydrogens is 121 g/mol. The molecule has 0 radical (unpaired) electrons. The second-order valence-corrected chi connectivity index (χ2v) is 2.70. The highest BCUT2D eigenvalue weighted by Crippen LogP contribution is 2.05. The molecule has 0 aromatic heterocycles. The molecule has 2 heteroatoms. The monoisotopic (exact) mass is 133 g/mol. The maximum atomic E-state index is 5.66. The van der Waals surface area contributed by atoms with E-state index >= 15 is 0 Å². The molecule has 0 saturated carbocycles. The lowest BCUT2D eigenvalue weighted by atomic mass is 9.94. The van der Waals surface area contributed by atoms with Crippen LogP contribution in [0.15, 0.2) is 24.3 Å². The van der Waals surface area contributed by atoms with Gasteiger partial charge in [-0.15, -0.1) is 0 Å². The first-order valence-electron chi connectivity index (χ1n) is 3.52. The van der Waals surface area contributed by atoms with Gasteiger partial charge in [-0.3, -0.25) is 0 Å². The Morgan fingerprint density at radius 3 is 2.20 bits per heavy atom. The minimum Gasteiger partial charge on any atom is -0.324 e. The van der Waals surface area contributed by atoms with Crippen LogP contribution in [0.3, 0.4) is 0 Å². The Kier molecular flexibility index (Phi) is 2.12. The SMILES string of the molecule is Bc1ccc(C(C)N)cc1. The Balaban J connectivity index is 2.89. The van der Waals surface area contributed by atoms with Gasteiger partial charge in [-0.1, -0.05) is 29.7 Å². The first-order chi connectivity index (χ1) is 4.70. The number of nitrogens with two attached hydrogens (primary N) is 1. The van der Waals surface area contributed by atoms with Crippen molar-refractivity contribution in [2.75, 3.05) is 0 Å². The maximum absolute atomic E-state index is 5.66. The summed E-state index contributed by atoms with van der Waals surface area (Å²) < 4.78 is 0. The van der Waals surface area contributed by atoms with Crippen LogP contribution in [0.25, 0.3) is 0 Å². The third-order valence-electron chi connectivity index (χ3n) is 1.60. The molecule has 0 aliphatic rings. The van der Waals surface area contributed by atoms with Crippen LogP contribution in [0, 0.1) is 0 Å². The Morgan fingerprint density at radius 1 is 1.30 bits per heavy atom. The van der Waals surface area contributed by atoms with E-state index in [4.69, 9.17) is 5.73 Å². The smallest absolute Gasteiger partial charge is 0.139 e. The van der Waals surface area contributed by atoms with Gasteiger partial charge in [0.25, 0.3) is 0 Å². The Morgan fingerprint density at radius 2 is 1.80 bits per heavy atom. The fourth-order valence-electron chi connectivity index (χ4n) is 0.870. The molecule has 0 spiro atoms. The number of benzene rings is 1. The predicted octanol–water partition coefficient (Wildman–Crippen LogP) is -0.0353. The van der Waals surface area contributed by atoms with Gasteiger partial charge in [0.2, 0.25) is 0 Å². The van der Waals surface area contributed by atoms with E-state index in [0.29, 0.717) is 0 Å². The van der Waals surface area contributed by atoms with Crippen molar-refractivity contribution in [3.05, 3.63) is 29.8 Å². The third-order valence-corrected chi connectivity index (χ3v) is 1.60.